The van der Waals surface area contributed by atoms with Gasteiger partial charge in [-0.1, -0.05) is 12.1 Å². The molecule has 1 unspecified atom stereocenters. The van der Waals surface area contributed by atoms with E-state index in [9.17, 15) is 23.1 Å². The Bertz CT molecular complexity index is 929. The Morgan fingerprint density at radius 2 is 1.92 bits per heavy atom. The SMILES string of the molecule is Nc1nc2c(C(CO)c3ccc(C(F)(F)F)cc3)c[nH]c2c(=O)[nH]1. The number of nitrogen functional groups attached to an aromatic ring is 1. The van der Waals surface area contributed by atoms with E-state index >= 15 is 0 Å². The smallest absolute Gasteiger partial charge is 0.395 e. The number of halogens is 3. The van der Waals surface area contributed by atoms with Crippen LogP contribution in [0.1, 0.15) is 22.6 Å². The largest absolute Gasteiger partial charge is 0.416 e. The van der Waals surface area contributed by atoms with Crippen molar-refractivity contribution in [1.29, 1.82) is 0 Å². The molecule has 24 heavy (non-hydrogen) atoms. The van der Waals surface area contributed by atoms with Gasteiger partial charge < -0.3 is 15.8 Å². The van der Waals surface area contributed by atoms with Crippen molar-refractivity contribution in [3.05, 3.63) is 57.5 Å². The van der Waals surface area contributed by atoms with E-state index in [1.165, 1.54) is 18.3 Å². The van der Waals surface area contributed by atoms with Crippen molar-refractivity contribution in [2.24, 2.45) is 0 Å². The van der Waals surface area contributed by atoms with Crippen LogP contribution in [-0.2, 0) is 6.18 Å². The standard InChI is InChI=1S/C15H13F3N4O2/c16-15(17,18)8-3-1-7(2-4-8)10(6-23)9-5-20-12-11(9)21-14(19)22-13(12)24/h1-5,10,20,23H,6H2,(H3,19,21,22,24). The van der Waals surface area contributed by atoms with Crippen LogP contribution in [0, 0.1) is 0 Å². The van der Waals surface area contributed by atoms with Crippen LogP contribution < -0.4 is 11.3 Å². The molecule has 0 aliphatic carbocycles. The summed E-state index contributed by atoms with van der Waals surface area (Å²) in [5, 5.41) is 9.70. The Morgan fingerprint density at radius 1 is 1.25 bits per heavy atom. The van der Waals surface area contributed by atoms with Crippen LogP contribution in [0.25, 0.3) is 11.0 Å². The molecule has 1 aromatic carbocycles. The predicted octanol–water partition coefficient (Wildman–Crippen LogP) is 1.98. The van der Waals surface area contributed by atoms with E-state index < -0.39 is 23.2 Å². The molecule has 0 radical (unpaired) electrons. The van der Waals surface area contributed by atoms with Crippen molar-refractivity contribution in [2.45, 2.75) is 12.1 Å². The molecule has 2 heterocycles. The minimum Gasteiger partial charge on any atom is -0.395 e. The molecule has 5 N–H and O–H groups in total. The quantitative estimate of drug-likeness (QED) is 0.585. The van der Waals surface area contributed by atoms with Gasteiger partial charge in [0.1, 0.15) is 11.0 Å². The Hall–Kier alpha value is -2.81. The molecule has 0 aliphatic heterocycles. The lowest BCUT2D eigenvalue weighted by atomic mass is 9.92. The Morgan fingerprint density at radius 3 is 2.50 bits per heavy atom. The molecular weight excluding hydrogens is 325 g/mol. The van der Waals surface area contributed by atoms with E-state index in [2.05, 4.69) is 15.0 Å². The summed E-state index contributed by atoms with van der Waals surface area (Å²) in [6, 6.07) is 4.47. The molecule has 0 spiro atoms. The molecule has 1 atom stereocenters. The monoisotopic (exact) mass is 338 g/mol. The lowest BCUT2D eigenvalue weighted by molar-refractivity contribution is -0.137. The number of benzene rings is 1. The summed E-state index contributed by atoms with van der Waals surface area (Å²) in [5.41, 5.74) is 5.69. The number of H-pyrrole nitrogens is 2. The highest BCUT2D eigenvalue weighted by atomic mass is 19.4. The highest BCUT2D eigenvalue weighted by Gasteiger charge is 2.30. The summed E-state index contributed by atoms with van der Waals surface area (Å²) in [4.78, 5) is 21.0. The number of nitrogens with zero attached hydrogens (tertiary/aromatic N) is 1. The van der Waals surface area contributed by atoms with Crippen LogP contribution in [0.15, 0.2) is 35.3 Å². The molecule has 9 heteroatoms. The van der Waals surface area contributed by atoms with E-state index in [1.54, 1.807) is 0 Å². The van der Waals surface area contributed by atoms with Crippen molar-refractivity contribution in [1.82, 2.24) is 15.0 Å². The van der Waals surface area contributed by atoms with Gasteiger partial charge in [-0.15, -0.1) is 0 Å². The summed E-state index contributed by atoms with van der Waals surface area (Å²) < 4.78 is 38.0. The minimum atomic E-state index is -4.43. The number of anilines is 1. The van der Waals surface area contributed by atoms with E-state index in [0.29, 0.717) is 11.1 Å². The molecule has 3 rings (SSSR count). The lowest BCUT2D eigenvalue weighted by Crippen LogP contribution is -2.12. The van der Waals surface area contributed by atoms with Gasteiger partial charge in [0.25, 0.3) is 5.56 Å². The minimum absolute atomic E-state index is 0.0857. The van der Waals surface area contributed by atoms with E-state index in [4.69, 9.17) is 5.73 Å². The zero-order valence-corrected chi connectivity index (χ0v) is 12.2. The van der Waals surface area contributed by atoms with Crippen LogP contribution in [-0.4, -0.2) is 26.7 Å². The first-order chi connectivity index (χ1) is 11.3. The van der Waals surface area contributed by atoms with Gasteiger partial charge in [0.15, 0.2) is 0 Å². The van der Waals surface area contributed by atoms with Gasteiger partial charge >= 0.3 is 6.18 Å². The second-order valence-electron chi connectivity index (χ2n) is 5.27. The number of aromatic nitrogens is 3. The van der Waals surface area contributed by atoms with Gasteiger partial charge in [-0.05, 0) is 17.7 Å². The fraction of sp³-hybridized carbons (Fsp3) is 0.200. The Kier molecular flexibility index (Phi) is 3.80. The van der Waals surface area contributed by atoms with Crippen molar-refractivity contribution in [3.8, 4) is 0 Å². The average Bonchev–Trinajstić information content (AvgIpc) is 2.92. The summed E-state index contributed by atoms with van der Waals surface area (Å²) in [5.74, 6) is -0.729. The van der Waals surface area contributed by atoms with Gasteiger partial charge in [0.2, 0.25) is 5.95 Å². The number of alkyl halides is 3. The van der Waals surface area contributed by atoms with Crippen LogP contribution in [0.3, 0.4) is 0 Å². The maximum atomic E-state index is 12.7. The molecule has 0 saturated carbocycles. The van der Waals surface area contributed by atoms with Gasteiger partial charge in [0.05, 0.1) is 12.2 Å². The number of aromatic amines is 2. The first-order valence-electron chi connectivity index (χ1n) is 6.96. The Labute approximate surface area is 133 Å². The third-order valence-electron chi connectivity index (χ3n) is 3.78. The number of fused-ring (bicyclic) bond motifs is 1. The van der Waals surface area contributed by atoms with Crippen molar-refractivity contribution >= 4 is 17.0 Å². The fourth-order valence-electron chi connectivity index (χ4n) is 2.61. The maximum absolute atomic E-state index is 12.7. The van der Waals surface area contributed by atoms with Crippen molar-refractivity contribution in [2.75, 3.05) is 12.3 Å². The van der Waals surface area contributed by atoms with Crippen molar-refractivity contribution in [3.63, 3.8) is 0 Å². The zero-order valence-electron chi connectivity index (χ0n) is 12.2. The third-order valence-corrected chi connectivity index (χ3v) is 3.78. The Balaban J connectivity index is 2.08. The summed E-state index contributed by atoms with van der Waals surface area (Å²) >= 11 is 0. The molecule has 3 aromatic rings. The number of aliphatic hydroxyl groups excluding tert-OH is 1. The highest BCUT2D eigenvalue weighted by Crippen LogP contribution is 2.33. The van der Waals surface area contributed by atoms with Crippen molar-refractivity contribution < 1.29 is 18.3 Å². The first kappa shape index (κ1) is 16.1. The number of hydrogen-bond donors (Lipinski definition) is 4. The second kappa shape index (κ2) is 5.68. The third kappa shape index (κ3) is 2.73. The molecule has 0 fully saturated rings. The molecule has 6 nitrogen and oxygen atoms in total. The summed E-state index contributed by atoms with van der Waals surface area (Å²) in [6.07, 6.45) is -2.94. The molecule has 0 bridgehead atoms. The zero-order chi connectivity index (χ0) is 17.5. The number of aliphatic hydroxyl groups is 1. The van der Waals surface area contributed by atoms with E-state index in [0.717, 1.165) is 12.1 Å². The number of nitrogens with two attached hydrogens (primary N) is 1. The molecule has 0 saturated heterocycles. The van der Waals surface area contributed by atoms with Crippen LogP contribution in [0.4, 0.5) is 19.1 Å². The van der Waals surface area contributed by atoms with Crippen LogP contribution in [0.5, 0.6) is 0 Å². The fourth-order valence-corrected chi connectivity index (χ4v) is 2.61. The number of nitrogens with one attached hydrogen (secondary N) is 2. The normalized spacial score (nSPS) is 13.3. The highest BCUT2D eigenvalue weighted by molar-refractivity contribution is 5.80. The van der Waals surface area contributed by atoms with Gasteiger partial charge in [0, 0.05) is 17.7 Å². The summed E-state index contributed by atoms with van der Waals surface area (Å²) in [6.45, 7) is -0.368. The maximum Gasteiger partial charge on any atom is 0.416 e. The molecule has 0 aliphatic rings. The van der Waals surface area contributed by atoms with Gasteiger partial charge in [-0.25, -0.2) is 4.98 Å². The second-order valence-corrected chi connectivity index (χ2v) is 5.27. The molecule has 2 aromatic heterocycles. The lowest BCUT2D eigenvalue weighted by Gasteiger charge is -2.15. The predicted molar refractivity (Wildman–Crippen MR) is 81.5 cm³/mol. The van der Waals surface area contributed by atoms with Gasteiger partial charge in [-0.2, -0.15) is 13.2 Å². The van der Waals surface area contributed by atoms with Crippen LogP contribution >= 0.6 is 0 Å². The van der Waals surface area contributed by atoms with E-state index in [1.807, 2.05) is 0 Å². The summed E-state index contributed by atoms with van der Waals surface area (Å²) in [7, 11) is 0. The molecule has 126 valence electrons. The number of rotatable bonds is 3. The number of hydrogen-bond acceptors (Lipinski definition) is 4. The molecule has 0 amide bonds. The molecular formula is C15H13F3N4O2. The van der Waals surface area contributed by atoms with Gasteiger partial charge in [-0.3, -0.25) is 9.78 Å². The van der Waals surface area contributed by atoms with E-state index in [-0.39, 0.29) is 23.6 Å². The average molecular weight is 338 g/mol. The van der Waals surface area contributed by atoms with Crippen LogP contribution in [0.2, 0.25) is 0 Å². The first-order valence-corrected chi connectivity index (χ1v) is 6.96. The topological polar surface area (TPSA) is 108 Å².